The molecule has 3 N–H and O–H groups in total. The molecule has 8 heteroatoms. The monoisotopic (exact) mass is 276 g/mol. The van der Waals surface area contributed by atoms with E-state index in [0.717, 1.165) is 12.1 Å². The molecule has 1 aromatic rings. The van der Waals surface area contributed by atoms with Crippen LogP contribution in [0.1, 0.15) is 18.4 Å². The molecule has 0 aliphatic rings. The van der Waals surface area contributed by atoms with Crippen LogP contribution in [0.4, 0.5) is 10.1 Å². The van der Waals surface area contributed by atoms with E-state index in [2.05, 4.69) is 0 Å². The fourth-order valence-corrected chi connectivity index (χ4v) is 1.78. The van der Waals surface area contributed by atoms with Gasteiger partial charge in [0.25, 0.3) is 0 Å². The quantitative estimate of drug-likeness (QED) is 0.645. The van der Waals surface area contributed by atoms with Crippen molar-refractivity contribution < 1.29 is 19.2 Å². The molecule has 0 aliphatic carbocycles. The van der Waals surface area contributed by atoms with Crippen molar-refractivity contribution in [3.05, 3.63) is 38.7 Å². The third-order valence-electron chi connectivity index (χ3n) is 2.58. The van der Waals surface area contributed by atoms with Gasteiger partial charge in [0.2, 0.25) is 5.82 Å². The van der Waals surface area contributed by atoms with Crippen molar-refractivity contribution in [3.8, 4) is 0 Å². The summed E-state index contributed by atoms with van der Waals surface area (Å²) in [7, 11) is 0. The number of carboxylic acid groups (broad SMARTS) is 1. The van der Waals surface area contributed by atoms with E-state index in [1.165, 1.54) is 6.92 Å². The van der Waals surface area contributed by atoms with Gasteiger partial charge in [0.1, 0.15) is 6.04 Å². The zero-order chi connectivity index (χ0) is 14.0. The average Bonchev–Trinajstić information content (AvgIpc) is 2.29. The standard InChI is InChI=1S/C10H10ClFN2O4/c1-4(9(13)10(15)16)5-2-7(12)8(14(17)18)3-6(5)11/h2-4,9H,13H2,1H3,(H,15,16)/t4-,9+/m0/s1. The van der Waals surface area contributed by atoms with Crippen LogP contribution in [0.3, 0.4) is 0 Å². The van der Waals surface area contributed by atoms with Crippen LogP contribution >= 0.6 is 11.6 Å². The Morgan fingerprint density at radius 3 is 2.61 bits per heavy atom. The molecule has 1 rings (SSSR count). The van der Waals surface area contributed by atoms with Gasteiger partial charge >= 0.3 is 11.7 Å². The van der Waals surface area contributed by atoms with Crippen LogP contribution in [-0.4, -0.2) is 22.0 Å². The summed E-state index contributed by atoms with van der Waals surface area (Å²) in [4.78, 5) is 20.3. The molecule has 0 unspecified atom stereocenters. The number of benzene rings is 1. The molecular weight excluding hydrogens is 267 g/mol. The Kier molecular flexibility index (Phi) is 4.20. The molecular formula is C10H10ClFN2O4. The molecule has 98 valence electrons. The van der Waals surface area contributed by atoms with Gasteiger partial charge in [-0.3, -0.25) is 14.9 Å². The maximum Gasteiger partial charge on any atom is 0.321 e. The molecule has 0 heterocycles. The van der Waals surface area contributed by atoms with Gasteiger partial charge in [-0.25, -0.2) is 0 Å². The van der Waals surface area contributed by atoms with Crippen LogP contribution in [0, 0.1) is 15.9 Å². The molecule has 0 saturated heterocycles. The van der Waals surface area contributed by atoms with Gasteiger partial charge in [-0.2, -0.15) is 4.39 Å². The summed E-state index contributed by atoms with van der Waals surface area (Å²) < 4.78 is 13.4. The molecule has 0 aliphatic heterocycles. The maximum atomic E-state index is 13.4. The number of rotatable bonds is 4. The number of nitro groups is 1. The predicted molar refractivity (Wildman–Crippen MR) is 62.1 cm³/mol. The van der Waals surface area contributed by atoms with Gasteiger partial charge in [0.05, 0.1) is 9.95 Å². The lowest BCUT2D eigenvalue weighted by molar-refractivity contribution is -0.387. The molecule has 0 amide bonds. The van der Waals surface area contributed by atoms with E-state index in [-0.39, 0.29) is 10.6 Å². The maximum absolute atomic E-state index is 13.4. The fourth-order valence-electron chi connectivity index (χ4n) is 1.45. The second-order valence-electron chi connectivity index (χ2n) is 3.73. The smallest absolute Gasteiger partial charge is 0.321 e. The Hall–Kier alpha value is -1.73. The third-order valence-corrected chi connectivity index (χ3v) is 2.90. The van der Waals surface area contributed by atoms with Gasteiger partial charge in [0.15, 0.2) is 0 Å². The minimum atomic E-state index is -1.27. The highest BCUT2D eigenvalue weighted by atomic mass is 35.5. The van der Waals surface area contributed by atoms with Gasteiger partial charge < -0.3 is 10.8 Å². The van der Waals surface area contributed by atoms with Crippen molar-refractivity contribution in [1.29, 1.82) is 0 Å². The van der Waals surface area contributed by atoms with Crippen molar-refractivity contribution in [3.63, 3.8) is 0 Å². The Balaban J connectivity index is 3.23. The van der Waals surface area contributed by atoms with Crippen LogP contribution in [0.2, 0.25) is 5.02 Å². The van der Waals surface area contributed by atoms with Gasteiger partial charge in [-0.15, -0.1) is 0 Å². The Bertz CT molecular complexity index is 509. The lowest BCUT2D eigenvalue weighted by Gasteiger charge is -2.17. The van der Waals surface area contributed by atoms with Crippen LogP contribution < -0.4 is 5.73 Å². The van der Waals surface area contributed by atoms with E-state index in [1.54, 1.807) is 0 Å². The van der Waals surface area contributed by atoms with E-state index in [9.17, 15) is 19.3 Å². The third kappa shape index (κ3) is 2.74. The van der Waals surface area contributed by atoms with Crippen LogP contribution in [0.25, 0.3) is 0 Å². The second-order valence-corrected chi connectivity index (χ2v) is 4.14. The van der Waals surface area contributed by atoms with Crippen molar-refractivity contribution >= 4 is 23.3 Å². The number of hydrogen-bond acceptors (Lipinski definition) is 4. The number of nitrogens with two attached hydrogens (primary N) is 1. The highest BCUT2D eigenvalue weighted by Crippen LogP contribution is 2.31. The molecule has 0 spiro atoms. The topological polar surface area (TPSA) is 106 Å². The lowest BCUT2D eigenvalue weighted by Crippen LogP contribution is -2.35. The zero-order valence-corrected chi connectivity index (χ0v) is 10.0. The molecule has 0 saturated carbocycles. The van der Waals surface area contributed by atoms with Gasteiger partial charge in [-0.05, 0) is 11.6 Å². The predicted octanol–water partition coefficient (Wildman–Crippen LogP) is 1.90. The van der Waals surface area contributed by atoms with E-state index in [4.69, 9.17) is 22.4 Å². The van der Waals surface area contributed by atoms with Gasteiger partial charge in [-0.1, -0.05) is 18.5 Å². The Morgan fingerprint density at radius 1 is 1.61 bits per heavy atom. The first kappa shape index (κ1) is 14.3. The molecule has 6 nitrogen and oxygen atoms in total. The van der Waals surface area contributed by atoms with Crippen molar-refractivity contribution in [1.82, 2.24) is 0 Å². The Labute approximate surface area is 106 Å². The first-order chi connectivity index (χ1) is 8.25. The molecule has 18 heavy (non-hydrogen) atoms. The summed E-state index contributed by atoms with van der Waals surface area (Å²) in [6.07, 6.45) is 0. The summed E-state index contributed by atoms with van der Waals surface area (Å²) in [5, 5.41) is 19.1. The highest BCUT2D eigenvalue weighted by Gasteiger charge is 2.26. The van der Waals surface area contributed by atoms with Crippen molar-refractivity contribution in [2.24, 2.45) is 5.73 Å². The summed E-state index contributed by atoms with van der Waals surface area (Å²) in [6, 6.07) is 0.411. The minimum absolute atomic E-state index is 0.0905. The van der Waals surface area contributed by atoms with Crippen molar-refractivity contribution in [2.75, 3.05) is 0 Å². The van der Waals surface area contributed by atoms with Crippen LogP contribution in [0.5, 0.6) is 0 Å². The Morgan fingerprint density at radius 2 is 2.17 bits per heavy atom. The zero-order valence-electron chi connectivity index (χ0n) is 9.26. The molecule has 0 bridgehead atoms. The van der Waals surface area contributed by atoms with Crippen LogP contribution in [0.15, 0.2) is 12.1 Å². The summed E-state index contributed by atoms with van der Waals surface area (Å²) in [5.41, 5.74) is 4.75. The molecule has 0 aromatic heterocycles. The first-order valence-corrected chi connectivity index (χ1v) is 5.25. The summed E-state index contributed by atoms with van der Waals surface area (Å²) in [5.74, 6) is -3.12. The van der Waals surface area contributed by atoms with E-state index < -0.39 is 34.4 Å². The largest absolute Gasteiger partial charge is 0.480 e. The molecule has 1 aromatic carbocycles. The summed E-state index contributed by atoms with van der Waals surface area (Å²) >= 11 is 5.77. The lowest BCUT2D eigenvalue weighted by atomic mass is 9.93. The number of carboxylic acids is 1. The highest BCUT2D eigenvalue weighted by molar-refractivity contribution is 6.31. The fraction of sp³-hybridized carbons (Fsp3) is 0.300. The van der Waals surface area contributed by atoms with Gasteiger partial charge in [0, 0.05) is 12.0 Å². The normalized spacial score (nSPS) is 14.0. The number of nitrogens with zero attached hydrogens (tertiary/aromatic N) is 1. The number of aliphatic carboxylic acids is 1. The number of nitro benzene ring substituents is 1. The van der Waals surface area contributed by atoms with E-state index in [1.807, 2.05) is 0 Å². The molecule has 2 atom stereocenters. The SMILES string of the molecule is C[C@@H](c1cc(F)c([N+](=O)[O-])cc1Cl)[C@@H](N)C(=O)O. The number of carbonyl (C=O) groups is 1. The first-order valence-electron chi connectivity index (χ1n) is 4.87. The van der Waals surface area contributed by atoms with E-state index >= 15 is 0 Å². The minimum Gasteiger partial charge on any atom is -0.480 e. The summed E-state index contributed by atoms with van der Waals surface area (Å²) in [6.45, 7) is 1.45. The van der Waals surface area contributed by atoms with Crippen molar-refractivity contribution in [2.45, 2.75) is 18.9 Å². The number of halogens is 2. The van der Waals surface area contributed by atoms with E-state index in [0.29, 0.717) is 0 Å². The molecule has 0 radical (unpaired) electrons. The average molecular weight is 277 g/mol. The second kappa shape index (κ2) is 5.28. The number of hydrogen-bond donors (Lipinski definition) is 2. The molecule has 0 fully saturated rings. The van der Waals surface area contributed by atoms with Crippen LogP contribution in [-0.2, 0) is 4.79 Å².